The van der Waals surface area contributed by atoms with Crippen LogP contribution in [-0.4, -0.2) is 55.4 Å². The molecule has 0 radical (unpaired) electrons. The molecular formula is C15H21N3O3. The third-order valence-electron chi connectivity index (χ3n) is 3.63. The Morgan fingerprint density at radius 2 is 2.00 bits per heavy atom. The van der Waals surface area contributed by atoms with Crippen molar-refractivity contribution in [1.82, 2.24) is 9.80 Å². The summed E-state index contributed by atoms with van der Waals surface area (Å²) in [5, 5.41) is 0. The molecule has 0 atom stereocenters. The number of carbonyl (C=O) groups is 2. The molecule has 1 aliphatic rings. The molecule has 1 fully saturated rings. The van der Waals surface area contributed by atoms with Crippen LogP contribution in [0.25, 0.3) is 0 Å². The predicted molar refractivity (Wildman–Crippen MR) is 80.2 cm³/mol. The van der Waals surface area contributed by atoms with E-state index in [2.05, 4.69) is 0 Å². The Balaban J connectivity index is 2.08. The number of amides is 2. The molecular weight excluding hydrogens is 270 g/mol. The van der Waals surface area contributed by atoms with Crippen molar-refractivity contribution in [3.05, 3.63) is 23.8 Å². The van der Waals surface area contributed by atoms with Crippen LogP contribution < -0.4 is 10.5 Å². The van der Waals surface area contributed by atoms with E-state index in [9.17, 15) is 9.59 Å². The number of likely N-dealkylation sites (tertiary alicyclic amines) is 1. The summed E-state index contributed by atoms with van der Waals surface area (Å²) in [6.07, 6.45) is 2.07. The van der Waals surface area contributed by atoms with Gasteiger partial charge in [-0.25, -0.2) is 0 Å². The van der Waals surface area contributed by atoms with Crippen LogP contribution in [0.2, 0.25) is 0 Å². The van der Waals surface area contributed by atoms with Crippen LogP contribution in [0.4, 0.5) is 5.69 Å². The number of hydrogen-bond donors (Lipinski definition) is 1. The standard InChI is InChI=1S/C15H21N3O3/c1-17(10-14(19)18-7-3-4-8-18)15(20)12-9-11(16)5-6-13(12)21-2/h5-6,9H,3-4,7-8,10,16H2,1-2H3. The number of anilines is 1. The Kier molecular flexibility index (Phi) is 4.67. The molecule has 1 saturated heterocycles. The van der Waals surface area contributed by atoms with E-state index < -0.39 is 0 Å². The Bertz CT molecular complexity index is 539. The van der Waals surface area contributed by atoms with Crippen molar-refractivity contribution in [3.63, 3.8) is 0 Å². The van der Waals surface area contributed by atoms with Gasteiger partial charge in [0.1, 0.15) is 5.75 Å². The summed E-state index contributed by atoms with van der Waals surface area (Å²) in [4.78, 5) is 27.7. The molecule has 1 aliphatic heterocycles. The van der Waals surface area contributed by atoms with Crippen molar-refractivity contribution in [2.45, 2.75) is 12.8 Å². The number of carbonyl (C=O) groups excluding carboxylic acids is 2. The highest BCUT2D eigenvalue weighted by Crippen LogP contribution is 2.22. The van der Waals surface area contributed by atoms with Crippen LogP contribution in [0.5, 0.6) is 5.75 Å². The number of nitrogens with zero attached hydrogens (tertiary/aromatic N) is 2. The molecule has 6 nitrogen and oxygen atoms in total. The monoisotopic (exact) mass is 291 g/mol. The van der Waals surface area contributed by atoms with Crippen LogP contribution in [0.1, 0.15) is 23.2 Å². The maximum atomic E-state index is 12.4. The molecule has 0 bridgehead atoms. The van der Waals surface area contributed by atoms with Crippen LogP contribution in [0, 0.1) is 0 Å². The first-order valence-electron chi connectivity index (χ1n) is 6.99. The number of benzene rings is 1. The summed E-state index contributed by atoms with van der Waals surface area (Å²) in [6.45, 7) is 1.63. The third-order valence-corrected chi connectivity index (χ3v) is 3.63. The molecule has 21 heavy (non-hydrogen) atoms. The Morgan fingerprint density at radius 1 is 1.33 bits per heavy atom. The number of likely N-dealkylation sites (N-methyl/N-ethyl adjacent to an activating group) is 1. The van der Waals surface area contributed by atoms with Crippen LogP contribution >= 0.6 is 0 Å². The summed E-state index contributed by atoms with van der Waals surface area (Å²) in [6, 6.07) is 4.89. The van der Waals surface area contributed by atoms with Gasteiger partial charge in [-0.3, -0.25) is 9.59 Å². The van der Waals surface area contributed by atoms with Gasteiger partial charge in [0, 0.05) is 25.8 Å². The van der Waals surface area contributed by atoms with E-state index in [-0.39, 0.29) is 18.4 Å². The van der Waals surface area contributed by atoms with E-state index in [4.69, 9.17) is 10.5 Å². The minimum absolute atomic E-state index is 0.0220. The summed E-state index contributed by atoms with van der Waals surface area (Å²) >= 11 is 0. The highest BCUT2D eigenvalue weighted by atomic mass is 16.5. The Labute approximate surface area is 124 Å². The average Bonchev–Trinajstić information content (AvgIpc) is 3.00. The molecule has 0 aliphatic carbocycles. The Hall–Kier alpha value is -2.24. The van der Waals surface area contributed by atoms with Crippen LogP contribution in [0.3, 0.4) is 0 Å². The molecule has 1 aromatic rings. The first-order valence-corrected chi connectivity index (χ1v) is 6.99. The van der Waals surface area contributed by atoms with Gasteiger partial charge in [0.05, 0.1) is 19.2 Å². The smallest absolute Gasteiger partial charge is 0.257 e. The highest BCUT2D eigenvalue weighted by Gasteiger charge is 2.23. The lowest BCUT2D eigenvalue weighted by atomic mass is 10.1. The summed E-state index contributed by atoms with van der Waals surface area (Å²) in [7, 11) is 3.11. The van der Waals surface area contributed by atoms with Gasteiger partial charge in [0.15, 0.2) is 0 Å². The zero-order valence-corrected chi connectivity index (χ0v) is 12.5. The fraction of sp³-hybridized carbons (Fsp3) is 0.467. The highest BCUT2D eigenvalue weighted by molar-refractivity contribution is 5.99. The lowest BCUT2D eigenvalue weighted by Gasteiger charge is -2.22. The van der Waals surface area contributed by atoms with E-state index >= 15 is 0 Å². The van der Waals surface area contributed by atoms with Gasteiger partial charge in [-0.05, 0) is 31.0 Å². The fourth-order valence-electron chi connectivity index (χ4n) is 2.44. The molecule has 6 heteroatoms. The Morgan fingerprint density at radius 3 is 2.62 bits per heavy atom. The zero-order chi connectivity index (χ0) is 15.4. The maximum absolute atomic E-state index is 12.4. The average molecular weight is 291 g/mol. The van der Waals surface area contributed by atoms with Gasteiger partial charge in [-0.1, -0.05) is 0 Å². The lowest BCUT2D eigenvalue weighted by molar-refractivity contribution is -0.130. The number of ether oxygens (including phenoxy) is 1. The lowest BCUT2D eigenvalue weighted by Crippen LogP contribution is -2.39. The molecule has 1 heterocycles. The molecule has 2 rings (SSSR count). The van der Waals surface area contributed by atoms with Gasteiger partial charge in [-0.15, -0.1) is 0 Å². The minimum Gasteiger partial charge on any atom is -0.496 e. The number of hydrogen-bond acceptors (Lipinski definition) is 4. The first-order chi connectivity index (χ1) is 10.0. The molecule has 2 N–H and O–H groups in total. The second-order valence-corrected chi connectivity index (χ2v) is 5.21. The summed E-state index contributed by atoms with van der Waals surface area (Å²) in [5.41, 5.74) is 6.57. The second-order valence-electron chi connectivity index (χ2n) is 5.21. The van der Waals surface area contributed by atoms with Gasteiger partial charge < -0.3 is 20.3 Å². The SMILES string of the molecule is COc1ccc(N)cc1C(=O)N(C)CC(=O)N1CCCC1. The van der Waals surface area contributed by atoms with Gasteiger partial charge in [-0.2, -0.15) is 0 Å². The van der Waals surface area contributed by atoms with E-state index in [0.717, 1.165) is 25.9 Å². The molecule has 0 unspecified atom stereocenters. The van der Waals surface area contributed by atoms with Gasteiger partial charge in [0.25, 0.3) is 5.91 Å². The zero-order valence-electron chi connectivity index (χ0n) is 12.5. The minimum atomic E-state index is -0.272. The fourth-order valence-corrected chi connectivity index (χ4v) is 2.44. The number of nitrogen functional groups attached to an aromatic ring is 1. The number of methoxy groups -OCH3 is 1. The summed E-state index contributed by atoms with van der Waals surface area (Å²) < 4.78 is 5.18. The van der Waals surface area contributed by atoms with Gasteiger partial charge >= 0.3 is 0 Å². The molecule has 2 amide bonds. The first kappa shape index (κ1) is 15.2. The maximum Gasteiger partial charge on any atom is 0.257 e. The van der Waals surface area contributed by atoms with Crippen molar-refractivity contribution in [2.75, 3.05) is 39.5 Å². The molecule has 0 aromatic heterocycles. The predicted octanol–water partition coefficient (Wildman–Crippen LogP) is 0.972. The van der Waals surface area contributed by atoms with E-state index in [1.54, 1.807) is 30.1 Å². The number of rotatable bonds is 4. The summed E-state index contributed by atoms with van der Waals surface area (Å²) in [5.74, 6) is 0.160. The number of nitrogens with two attached hydrogens (primary N) is 1. The van der Waals surface area contributed by atoms with Crippen molar-refractivity contribution in [3.8, 4) is 5.75 Å². The largest absolute Gasteiger partial charge is 0.496 e. The van der Waals surface area contributed by atoms with E-state index in [1.165, 1.54) is 12.0 Å². The normalized spacial score (nSPS) is 14.1. The van der Waals surface area contributed by atoms with E-state index in [1.807, 2.05) is 0 Å². The third kappa shape index (κ3) is 3.45. The van der Waals surface area contributed by atoms with Crippen molar-refractivity contribution in [2.24, 2.45) is 0 Å². The molecule has 0 spiro atoms. The quantitative estimate of drug-likeness (QED) is 0.839. The van der Waals surface area contributed by atoms with Crippen molar-refractivity contribution < 1.29 is 14.3 Å². The topological polar surface area (TPSA) is 75.9 Å². The second kappa shape index (κ2) is 6.47. The molecule has 114 valence electrons. The molecule has 1 aromatic carbocycles. The van der Waals surface area contributed by atoms with Crippen LogP contribution in [-0.2, 0) is 4.79 Å². The van der Waals surface area contributed by atoms with Gasteiger partial charge in [0.2, 0.25) is 5.91 Å². The van der Waals surface area contributed by atoms with Crippen molar-refractivity contribution >= 4 is 17.5 Å². The van der Waals surface area contributed by atoms with Crippen LogP contribution in [0.15, 0.2) is 18.2 Å². The molecule has 0 saturated carbocycles. The van der Waals surface area contributed by atoms with Crippen molar-refractivity contribution in [1.29, 1.82) is 0 Å². The van der Waals surface area contributed by atoms with E-state index in [0.29, 0.717) is 17.0 Å².